The van der Waals surface area contributed by atoms with Crippen molar-refractivity contribution in [1.29, 1.82) is 0 Å². The number of rotatable bonds is 2. The van der Waals surface area contributed by atoms with Crippen LogP contribution in [0, 0.1) is 6.92 Å². The topological polar surface area (TPSA) is 62.3 Å². The number of aryl methyl sites for hydroxylation is 1. The maximum Gasteiger partial charge on any atom is 0.249 e. The molecule has 1 aromatic heterocycles. The standard InChI is InChI=1S/C17H17N3O2S/c1-10-18-14(9-23-10)11-2-4-15-12(8-11)6-7-20(15)17(22)13-3-5-16(21)19-13/h2,4,8-9,13H,3,5-7H2,1H3,(H,19,21)/t13-/m0/s1. The third-order valence-electron chi connectivity index (χ3n) is 4.45. The Morgan fingerprint density at radius 2 is 2.26 bits per heavy atom. The van der Waals surface area contributed by atoms with Crippen LogP contribution in [0.4, 0.5) is 5.69 Å². The second-order valence-electron chi connectivity index (χ2n) is 5.99. The maximum atomic E-state index is 12.6. The van der Waals surface area contributed by atoms with Gasteiger partial charge in [-0.05, 0) is 37.5 Å². The lowest BCUT2D eigenvalue weighted by atomic mass is 10.1. The summed E-state index contributed by atoms with van der Waals surface area (Å²) in [4.78, 5) is 30.3. The van der Waals surface area contributed by atoms with Crippen LogP contribution < -0.4 is 10.2 Å². The molecule has 5 nitrogen and oxygen atoms in total. The van der Waals surface area contributed by atoms with E-state index in [0.29, 0.717) is 19.4 Å². The molecule has 2 aromatic rings. The lowest BCUT2D eigenvalue weighted by Crippen LogP contribution is -2.43. The molecule has 1 saturated heterocycles. The second-order valence-corrected chi connectivity index (χ2v) is 7.06. The minimum Gasteiger partial charge on any atom is -0.344 e. The van der Waals surface area contributed by atoms with E-state index in [1.54, 1.807) is 11.3 Å². The molecule has 0 bridgehead atoms. The molecule has 1 atom stereocenters. The number of carbonyl (C=O) groups is 2. The summed E-state index contributed by atoms with van der Waals surface area (Å²) >= 11 is 1.64. The van der Waals surface area contributed by atoms with E-state index in [9.17, 15) is 9.59 Å². The molecule has 3 heterocycles. The normalized spacial score (nSPS) is 19.8. The van der Waals surface area contributed by atoms with Crippen molar-refractivity contribution in [2.45, 2.75) is 32.2 Å². The smallest absolute Gasteiger partial charge is 0.249 e. The van der Waals surface area contributed by atoms with Gasteiger partial charge in [0.05, 0.1) is 10.7 Å². The molecule has 0 radical (unpaired) electrons. The van der Waals surface area contributed by atoms with Gasteiger partial charge in [-0.2, -0.15) is 0 Å². The summed E-state index contributed by atoms with van der Waals surface area (Å²) in [5.74, 6) is -0.0242. The number of nitrogens with one attached hydrogen (secondary N) is 1. The molecule has 0 saturated carbocycles. The predicted molar refractivity (Wildman–Crippen MR) is 89.5 cm³/mol. The predicted octanol–water partition coefficient (Wildman–Crippen LogP) is 2.29. The van der Waals surface area contributed by atoms with E-state index in [-0.39, 0.29) is 17.9 Å². The van der Waals surface area contributed by atoms with Gasteiger partial charge in [0.25, 0.3) is 0 Å². The monoisotopic (exact) mass is 327 g/mol. The van der Waals surface area contributed by atoms with Gasteiger partial charge >= 0.3 is 0 Å². The van der Waals surface area contributed by atoms with E-state index in [1.807, 2.05) is 24.0 Å². The Morgan fingerprint density at radius 1 is 1.39 bits per heavy atom. The number of anilines is 1. The largest absolute Gasteiger partial charge is 0.344 e. The summed E-state index contributed by atoms with van der Waals surface area (Å²) < 4.78 is 0. The third-order valence-corrected chi connectivity index (χ3v) is 5.22. The van der Waals surface area contributed by atoms with Gasteiger partial charge in [-0.25, -0.2) is 4.98 Å². The van der Waals surface area contributed by atoms with Crippen LogP contribution in [-0.2, 0) is 16.0 Å². The number of carbonyl (C=O) groups excluding carboxylic acids is 2. The number of hydrogen-bond acceptors (Lipinski definition) is 4. The van der Waals surface area contributed by atoms with Crippen LogP contribution in [0.2, 0.25) is 0 Å². The first-order valence-corrected chi connectivity index (χ1v) is 8.66. The zero-order valence-corrected chi connectivity index (χ0v) is 13.7. The second kappa shape index (κ2) is 5.45. The number of aromatic nitrogens is 1. The van der Waals surface area contributed by atoms with E-state index < -0.39 is 0 Å². The summed E-state index contributed by atoms with van der Waals surface area (Å²) in [7, 11) is 0. The molecule has 1 N–H and O–H groups in total. The van der Waals surface area contributed by atoms with Crippen LogP contribution in [0.3, 0.4) is 0 Å². The first-order valence-electron chi connectivity index (χ1n) is 7.78. The van der Waals surface area contributed by atoms with Gasteiger partial charge in [0, 0.05) is 29.6 Å². The number of thiazole rings is 1. The number of nitrogens with zero attached hydrogens (tertiary/aromatic N) is 2. The van der Waals surface area contributed by atoms with Crippen molar-refractivity contribution >= 4 is 28.8 Å². The Balaban J connectivity index is 1.60. The third kappa shape index (κ3) is 2.53. The summed E-state index contributed by atoms with van der Waals surface area (Å²) in [6.07, 6.45) is 1.89. The van der Waals surface area contributed by atoms with E-state index in [0.717, 1.165) is 28.4 Å². The summed E-state index contributed by atoms with van der Waals surface area (Å²) in [6, 6.07) is 5.78. The van der Waals surface area contributed by atoms with E-state index >= 15 is 0 Å². The molecule has 118 valence electrons. The van der Waals surface area contributed by atoms with Crippen LogP contribution in [-0.4, -0.2) is 29.4 Å². The highest BCUT2D eigenvalue weighted by Gasteiger charge is 2.34. The lowest BCUT2D eigenvalue weighted by molar-refractivity contribution is -0.124. The minimum atomic E-state index is -0.366. The first kappa shape index (κ1) is 14.4. The highest BCUT2D eigenvalue weighted by atomic mass is 32.1. The fraction of sp³-hybridized carbons (Fsp3) is 0.353. The number of hydrogen-bond donors (Lipinski definition) is 1. The van der Waals surface area contributed by atoms with Crippen LogP contribution >= 0.6 is 11.3 Å². The average Bonchev–Trinajstić information content (AvgIpc) is 3.25. The van der Waals surface area contributed by atoms with Gasteiger partial charge in [0.1, 0.15) is 6.04 Å². The molecule has 1 aromatic carbocycles. The summed E-state index contributed by atoms with van der Waals surface area (Å²) in [5, 5.41) is 5.87. The van der Waals surface area contributed by atoms with Gasteiger partial charge < -0.3 is 10.2 Å². The fourth-order valence-electron chi connectivity index (χ4n) is 3.27. The summed E-state index contributed by atoms with van der Waals surface area (Å²) in [5.41, 5.74) is 4.22. The quantitative estimate of drug-likeness (QED) is 0.920. The minimum absolute atomic E-state index is 0.00635. The van der Waals surface area contributed by atoms with E-state index in [2.05, 4.69) is 21.7 Å². The van der Waals surface area contributed by atoms with Crippen LogP contribution in [0.1, 0.15) is 23.4 Å². The average molecular weight is 327 g/mol. The zero-order chi connectivity index (χ0) is 16.0. The molecule has 1 fully saturated rings. The maximum absolute atomic E-state index is 12.6. The molecular weight excluding hydrogens is 310 g/mol. The van der Waals surface area contributed by atoms with Gasteiger partial charge in [-0.3, -0.25) is 9.59 Å². The molecule has 6 heteroatoms. The molecule has 2 aliphatic rings. The number of fused-ring (bicyclic) bond motifs is 1. The van der Waals surface area contributed by atoms with Crippen molar-refractivity contribution in [2.24, 2.45) is 0 Å². The zero-order valence-electron chi connectivity index (χ0n) is 12.8. The van der Waals surface area contributed by atoms with Crippen molar-refractivity contribution < 1.29 is 9.59 Å². The molecule has 4 rings (SSSR count). The Labute approximate surface area is 138 Å². The van der Waals surface area contributed by atoms with Crippen molar-refractivity contribution in [1.82, 2.24) is 10.3 Å². The molecule has 23 heavy (non-hydrogen) atoms. The molecule has 0 spiro atoms. The van der Waals surface area contributed by atoms with Crippen molar-refractivity contribution in [2.75, 3.05) is 11.4 Å². The summed E-state index contributed by atoms with van der Waals surface area (Å²) in [6.45, 7) is 2.68. The van der Waals surface area contributed by atoms with Crippen LogP contribution in [0.15, 0.2) is 23.6 Å². The Hall–Kier alpha value is -2.21. The first-order chi connectivity index (χ1) is 11.1. The molecule has 0 unspecified atom stereocenters. The Kier molecular flexibility index (Phi) is 3.41. The Bertz CT molecular complexity index is 799. The molecule has 0 aliphatic carbocycles. The number of amides is 2. The highest BCUT2D eigenvalue weighted by molar-refractivity contribution is 7.09. The van der Waals surface area contributed by atoms with E-state index in [4.69, 9.17) is 0 Å². The Morgan fingerprint density at radius 3 is 2.96 bits per heavy atom. The van der Waals surface area contributed by atoms with Crippen LogP contribution in [0.25, 0.3) is 11.3 Å². The SMILES string of the molecule is Cc1nc(-c2ccc3c(c2)CCN3C(=O)[C@@H]2CCC(=O)N2)cs1. The van der Waals surface area contributed by atoms with Crippen molar-refractivity contribution in [3.05, 3.63) is 34.2 Å². The molecular formula is C17H17N3O2S. The molecule has 2 amide bonds. The molecule has 2 aliphatic heterocycles. The van der Waals surface area contributed by atoms with Crippen molar-refractivity contribution in [3.63, 3.8) is 0 Å². The van der Waals surface area contributed by atoms with Gasteiger partial charge in [-0.1, -0.05) is 6.07 Å². The van der Waals surface area contributed by atoms with Crippen LogP contribution in [0.5, 0.6) is 0 Å². The van der Waals surface area contributed by atoms with E-state index in [1.165, 1.54) is 5.56 Å². The van der Waals surface area contributed by atoms with Gasteiger partial charge in [0.15, 0.2) is 0 Å². The van der Waals surface area contributed by atoms with Crippen molar-refractivity contribution in [3.8, 4) is 11.3 Å². The highest BCUT2D eigenvalue weighted by Crippen LogP contribution is 2.33. The van der Waals surface area contributed by atoms with Gasteiger partial charge in [0.2, 0.25) is 11.8 Å². The van der Waals surface area contributed by atoms with Gasteiger partial charge in [-0.15, -0.1) is 11.3 Å². The number of benzene rings is 1. The lowest BCUT2D eigenvalue weighted by Gasteiger charge is -2.21. The fourth-order valence-corrected chi connectivity index (χ4v) is 3.90.